The maximum Gasteiger partial charge on any atom is 0.292 e. The second-order valence-corrected chi connectivity index (χ2v) is 6.42. The van der Waals surface area contributed by atoms with E-state index in [4.69, 9.17) is 29.5 Å². The first-order chi connectivity index (χ1) is 15.7. The van der Waals surface area contributed by atoms with Crippen LogP contribution in [0.25, 0.3) is 22.3 Å². The number of rotatable bonds is 10. The third-order valence-corrected chi connectivity index (χ3v) is 4.44. The van der Waals surface area contributed by atoms with Crippen molar-refractivity contribution in [3.63, 3.8) is 0 Å². The maximum absolute atomic E-state index is 9.26. The summed E-state index contributed by atoms with van der Waals surface area (Å²) in [6, 6.07) is 17.3. The molecule has 2 N–H and O–H groups in total. The first-order valence-electron chi connectivity index (χ1n) is 9.68. The molecule has 0 atom stereocenters. The maximum atomic E-state index is 9.26. The van der Waals surface area contributed by atoms with E-state index in [0.29, 0.717) is 34.1 Å². The van der Waals surface area contributed by atoms with Gasteiger partial charge in [-0.05, 0) is 47.5 Å². The Morgan fingerprint density at radius 1 is 0.625 bits per heavy atom. The average molecular weight is 432 g/mol. The van der Waals surface area contributed by atoms with Gasteiger partial charge in [-0.25, -0.2) is 0 Å². The van der Waals surface area contributed by atoms with Crippen LogP contribution in [0.1, 0.15) is 0 Å². The third kappa shape index (κ3) is 5.46. The molecule has 0 aliphatic heterocycles. The van der Waals surface area contributed by atoms with E-state index in [0.717, 1.165) is 11.1 Å². The number of aliphatic hydroxyl groups excluding tert-OH is 2. The molecule has 0 amide bonds. The molecule has 3 aromatic carbocycles. The predicted octanol–water partition coefficient (Wildman–Crippen LogP) is 3.48. The molecule has 0 aromatic heterocycles. The van der Waals surface area contributed by atoms with E-state index in [9.17, 15) is 10.2 Å². The number of hydrogen-bond acceptors (Lipinski definition) is 8. The summed E-state index contributed by atoms with van der Waals surface area (Å²) in [5, 5.41) is 35.9. The molecule has 0 fully saturated rings. The Labute approximate surface area is 185 Å². The second-order valence-electron chi connectivity index (χ2n) is 6.42. The molecule has 0 spiro atoms. The van der Waals surface area contributed by atoms with E-state index < -0.39 is 0 Å². The highest BCUT2D eigenvalue weighted by Gasteiger charge is 2.16. The van der Waals surface area contributed by atoms with E-state index in [2.05, 4.69) is 0 Å². The van der Waals surface area contributed by atoms with Crippen LogP contribution < -0.4 is 18.9 Å². The molecule has 0 saturated heterocycles. The highest BCUT2D eigenvalue weighted by molar-refractivity contribution is 5.81. The Morgan fingerprint density at radius 3 is 1.31 bits per heavy atom. The minimum Gasteiger partial charge on any atom is -0.491 e. The molecule has 8 nitrogen and oxygen atoms in total. The van der Waals surface area contributed by atoms with Crippen molar-refractivity contribution in [1.82, 2.24) is 0 Å². The van der Waals surface area contributed by atoms with Crippen LogP contribution in [0.2, 0.25) is 0 Å². The van der Waals surface area contributed by atoms with Gasteiger partial charge in [0.15, 0.2) is 0 Å². The largest absolute Gasteiger partial charge is 0.491 e. The molecular weight excluding hydrogens is 412 g/mol. The fraction of sp³-hybridized carbons (Fsp3) is 0.167. The molecule has 0 aliphatic carbocycles. The number of ether oxygens (including phenoxy) is 4. The highest BCUT2D eigenvalue weighted by atomic mass is 16.5. The fourth-order valence-electron chi connectivity index (χ4n) is 3.07. The quantitative estimate of drug-likeness (QED) is 0.467. The first-order valence-corrected chi connectivity index (χ1v) is 9.68. The zero-order valence-corrected chi connectivity index (χ0v) is 17.0. The minimum atomic E-state index is -0.160. The molecule has 0 heterocycles. The number of aliphatic hydroxyl groups is 2. The summed E-state index contributed by atoms with van der Waals surface area (Å²) in [4.78, 5) is 0. The van der Waals surface area contributed by atoms with Gasteiger partial charge in [-0.1, -0.05) is 24.3 Å². The van der Waals surface area contributed by atoms with Gasteiger partial charge in [0.2, 0.25) is 0 Å². The van der Waals surface area contributed by atoms with Crippen molar-refractivity contribution in [1.29, 1.82) is 10.5 Å². The predicted molar refractivity (Wildman–Crippen MR) is 115 cm³/mol. The third-order valence-electron chi connectivity index (χ3n) is 4.44. The van der Waals surface area contributed by atoms with Crippen LogP contribution in [-0.2, 0) is 0 Å². The molecule has 0 saturated carbocycles. The normalized spacial score (nSPS) is 10.0. The summed E-state index contributed by atoms with van der Waals surface area (Å²) < 4.78 is 21.3. The van der Waals surface area contributed by atoms with Crippen LogP contribution in [-0.4, -0.2) is 36.6 Å². The average Bonchev–Trinajstić information content (AvgIpc) is 2.83. The van der Waals surface area contributed by atoms with Gasteiger partial charge in [0, 0.05) is 11.1 Å². The van der Waals surface area contributed by atoms with Crippen LogP contribution >= 0.6 is 0 Å². The van der Waals surface area contributed by atoms with Crippen molar-refractivity contribution in [2.24, 2.45) is 0 Å². The van der Waals surface area contributed by atoms with Crippen LogP contribution in [0.4, 0.5) is 0 Å². The van der Waals surface area contributed by atoms with Gasteiger partial charge >= 0.3 is 0 Å². The summed E-state index contributed by atoms with van der Waals surface area (Å²) in [5.74, 6) is 1.83. The summed E-state index contributed by atoms with van der Waals surface area (Å²) in [6.07, 6.45) is 3.26. The first kappa shape index (κ1) is 22.4. The molecule has 0 aliphatic rings. The van der Waals surface area contributed by atoms with Crippen molar-refractivity contribution in [3.8, 4) is 57.8 Å². The molecule has 3 aromatic rings. The van der Waals surface area contributed by atoms with Crippen LogP contribution in [0.15, 0.2) is 60.7 Å². The summed E-state index contributed by atoms with van der Waals surface area (Å²) >= 11 is 0. The van der Waals surface area contributed by atoms with Crippen molar-refractivity contribution >= 4 is 0 Å². The van der Waals surface area contributed by atoms with E-state index in [-0.39, 0.29) is 26.4 Å². The van der Waals surface area contributed by atoms with E-state index in [1.807, 2.05) is 0 Å². The molecule has 32 heavy (non-hydrogen) atoms. The van der Waals surface area contributed by atoms with E-state index >= 15 is 0 Å². The Bertz CT molecular complexity index is 1020. The Morgan fingerprint density at radius 2 is 1.00 bits per heavy atom. The number of benzene rings is 3. The zero-order chi connectivity index (χ0) is 22.8. The molecule has 162 valence electrons. The molecule has 8 heteroatoms. The molecule has 0 unspecified atom stereocenters. The van der Waals surface area contributed by atoms with Crippen LogP contribution in [0, 0.1) is 23.0 Å². The van der Waals surface area contributed by atoms with Gasteiger partial charge in [0.25, 0.3) is 12.5 Å². The summed E-state index contributed by atoms with van der Waals surface area (Å²) in [6.45, 7) is -0.138. The van der Waals surface area contributed by atoms with Crippen molar-refractivity contribution in [2.75, 3.05) is 26.4 Å². The Hall–Kier alpha value is -4.24. The van der Waals surface area contributed by atoms with Gasteiger partial charge < -0.3 is 29.2 Å². The number of nitrogens with zero attached hydrogens (tertiary/aromatic N) is 2. The molecule has 0 bridgehead atoms. The Balaban J connectivity index is 2.10. The van der Waals surface area contributed by atoms with Crippen molar-refractivity contribution in [3.05, 3.63) is 60.7 Å². The lowest BCUT2D eigenvalue weighted by Crippen LogP contribution is -2.06. The van der Waals surface area contributed by atoms with Crippen molar-refractivity contribution in [2.45, 2.75) is 0 Å². The highest BCUT2D eigenvalue weighted by Crippen LogP contribution is 2.41. The SMILES string of the molecule is N#COc1ccc(-c2cc(OCCO)c(-c3ccc(OC#N)cc3)cc2OCCO)cc1. The molecule has 3 rings (SSSR count). The van der Waals surface area contributed by atoms with Gasteiger partial charge in [0.1, 0.15) is 36.2 Å². The molecule has 0 radical (unpaired) electrons. The second kappa shape index (κ2) is 11.2. The standard InChI is InChI=1S/C24H20N2O6/c25-15-31-19-5-1-17(2-6-19)21-13-24(30-12-10-28)22(14-23(21)29-11-9-27)18-3-7-20(8-4-18)32-16-26/h1-8,13-14,27-28H,9-12H2. The smallest absolute Gasteiger partial charge is 0.292 e. The zero-order valence-electron chi connectivity index (χ0n) is 17.0. The lowest BCUT2D eigenvalue weighted by atomic mass is 9.97. The van der Waals surface area contributed by atoms with Crippen LogP contribution in [0.3, 0.4) is 0 Å². The lowest BCUT2D eigenvalue weighted by molar-refractivity contribution is 0.199. The summed E-state index contributed by atoms with van der Waals surface area (Å²) in [7, 11) is 0. The van der Waals surface area contributed by atoms with Gasteiger partial charge in [-0.3, -0.25) is 0 Å². The van der Waals surface area contributed by atoms with Gasteiger partial charge in [0.05, 0.1) is 13.2 Å². The molecular formula is C24H20N2O6. The Kier molecular flexibility index (Phi) is 7.88. The van der Waals surface area contributed by atoms with E-state index in [1.54, 1.807) is 73.2 Å². The fourth-order valence-corrected chi connectivity index (χ4v) is 3.07. The minimum absolute atomic E-state index is 0.0911. The van der Waals surface area contributed by atoms with Gasteiger partial charge in [-0.2, -0.15) is 0 Å². The van der Waals surface area contributed by atoms with Crippen molar-refractivity contribution < 1.29 is 29.2 Å². The monoisotopic (exact) mass is 432 g/mol. The lowest BCUT2D eigenvalue weighted by Gasteiger charge is -2.18. The van der Waals surface area contributed by atoms with Gasteiger partial charge in [-0.15, -0.1) is 10.5 Å². The summed E-state index contributed by atoms with van der Waals surface area (Å²) in [5.41, 5.74) is 2.95. The van der Waals surface area contributed by atoms with E-state index in [1.165, 1.54) is 0 Å². The number of nitriles is 2. The topological polar surface area (TPSA) is 125 Å². The van der Waals surface area contributed by atoms with Crippen LogP contribution in [0.5, 0.6) is 23.0 Å². The number of hydrogen-bond donors (Lipinski definition) is 2.